The second kappa shape index (κ2) is 6.57. The minimum absolute atomic E-state index is 0.000354. The van der Waals surface area contributed by atoms with Crippen LogP contribution < -0.4 is 5.32 Å². The van der Waals surface area contributed by atoms with E-state index in [0.29, 0.717) is 0 Å². The molecule has 3 N–H and O–H groups in total. The van der Waals surface area contributed by atoms with E-state index in [1.165, 1.54) is 5.56 Å². The van der Waals surface area contributed by atoms with Crippen LogP contribution in [0.3, 0.4) is 0 Å². The number of nitrogens with zero attached hydrogens (tertiary/aromatic N) is 1. The number of pyridine rings is 1. The number of hydrogen-bond acceptors (Lipinski definition) is 3. The molecule has 1 spiro atoms. The van der Waals surface area contributed by atoms with Crippen molar-refractivity contribution in [2.45, 2.75) is 57.1 Å². The molecule has 3 aromatic rings. The number of amides is 1. The fraction of sp³-hybridized carbons (Fsp3) is 0.333. The van der Waals surface area contributed by atoms with E-state index in [9.17, 15) is 9.90 Å². The van der Waals surface area contributed by atoms with Crippen LogP contribution in [0.4, 0.5) is 0 Å². The summed E-state index contributed by atoms with van der Waals surface area (Å²) in [7, 11) is 0. The second-order valence-corrected chi connectivity index (χ2v) is 9.86. The monoisotopic (exact) mass is 423 g/mol. The number of hydrogen-bond donors (Lipinski definition) is 3. The van der Waals surface area contributed by atoms with Crippen molar-refractivity contribution in [3.8, 4) is 34.4 Å². The standard InChI is InChI=1S/C27H25N3O2/c1-26(2,32)10-9-16-3-5-17(6-4-16)21-13-20-18(15-28-21)7-8-19-23-22(29-24(19)20)14-27(11-12-27)30-25(23)31/h3-6,13,15,29,32H,7-8,11-12,14H2,1-2H3,(H,30,31). The van der Waals surface area contributed by atoms with Crippen LogP contribution in [0.5, 0.6) is 0 Å². The van der Waals surface area contributed by atoms with Gasteiger partial charge in [0.2, 0.25) is 0 Å². The zero-order valence-corrected chi connectivity index (χ0v) is 18.3. The zero-order valence-electron chi connectivity index (χ0n) is 18.3. The molecule has 1 aromatic carbocycles. The van der Waals surface area contributed by atoms with Crippen LogP contribution in [0, 0.1) is 11.8 Å². The highest BCUT2D eigenvalue weighted by Gasteiger charge is 2.49. The van der Waals surface area contributed by atoms with Crippen molar-refractivity contribution in [3.63, 3.8) is 0 Å². The van der Waals surface area contributed by atoms with Crippen molar-refractivity contribution in [2.75, 3.05) is 0 Å². The van der Waals surface area contributed by atoms with Gasteiger partial charge in [-0.05, 0) is 68.9 Å². The van der Waals surface area contributed by atoms with Crippen LogP contribution in [-0.2, 0) is 19.3 Å². The number of aromatic amines is 1. The third-order valence-electron chi connectivity index (χ3n) is 6.75. The molecule has 0 unspecified atom stereocenters. The third kappa shape index (κ3) is 3.23. The lowest BCUT2D eigenvalue weighted by atomic mass is 9.87. The Morgan fingerprint density at radius 3 is 2.66 bits per heavy atom. The van der Waals surface area contributed by atoms with E-state index >= 15 is 0 Å². The van der Waals surface area contributed by atoms with E-state index in [-0.39, 0.29) is 11.4 Å². The van der Waals surface area contributed by atoms with Crippen molar-refractivity contribution in [1.82, 2.24) is 15.3 Å². The number of aryl methyl sites for hydroxylation is 1. The van der Waals surface area contributed by atoms with Gasteiger partial charge in [0.25, 0.3) is 5.91 Å². The first kappa shape index (κ1) is 19.3. The van der Waals surface area contributed by atoms with Gasteiger partial charge >= 0.3 is 0 Å². The molecule has 0 radical (unpaired) electrons. The molecule has 1 saturated carbocycles. The van der Waals surface area contributed by atoms with Gasteiger partial charge in [0.15, 0.2) is 0 Å². The summed E-state index contributed by atoms with van der Waals surface area (Å²) in [6.45, 7) is 3.35. The summed E-state index contributed by atoms with van der Waals surface area (Å²) in [5, 5.41) is 13.0. The van der Waals surface area contributed by atoms with Gasteiger partial charge in [-0.3, -0.25) is 9.78 Å². The van der Waals surface area contributed by atoms with Crippen molar-refractivity contribution >= 4 is 5.91 Å². The third-order valence-corrected chi connectivity index (χ3v) is 6.75. The predicted octanol–water partition coefficient (Wildman–Crippen LogP) is 3.78. The molecular formula is C27H25N3O2. The maximum Gasteiger partial charge on any atom is 0.253 e. The maximum absolute atomic E-state index is 12.9. The van der Waals surface area contributed by atoms with Gasteiger partial charge < -0.3 is 15.4 Å². The number of carbonyl (C=O) groups is 1. The zero-order chi connectivity index (χ0) is 22.1. The van der Waals surface area contributed by atoms with Crippen molar-refractivity contribution in [3.05, 3.63) is 64.5 Å². The number of rotatable bonds is 1. The summed E-state index contributed by atoms with van der Waals surface area (Å²) in [5.74, 6) is 5.93. The number of aromatic nitrogens is 2. The molecule has 2 aliphatic carbocycles. The Morgan fingerprint density at radius 2 is 1.94 bits per heavy atom. The number of carbonyl (C=O) groups excluding carboxylic acids is 1. The molecule has 1 aliphatic heterocycles. The minimum Gasteiger partial charge on any atom is -0.378 e. The number of benzene rings is 1. The number of fused-ring (bicyclic) bond motifs is 5. The molecule has 5 nitrogen and oxygen atoms in total. The van der Waals surface area contributed by atoms with Crippen molar-refractivity contribution in [1.29, 1.82) is 0 Å². The fourth-order valence-corrected chi connectivity index (χ4v) is 4.90. The predicted molar refractivity (Wildman–Crippen MR) is 123 cm³/mol. The van der Waals surface area contributed by atoms with Crippen LogP contribution in [0.1, 0.15) is 59.4 Å². The molecule has 3 heterocycles. The smallest absolute Gasteiger partial charge is 0.253 e. The van der Waals surface area contributed by atoms with Crippen LogP contribution in [-0.4, -0.2) is 32.1 Å². The lowest BCUT2D eigenvalue weighted by Gasteiger charge is -2.24. The van der Waals surface area contributed by atoms with Gasteiger partial charge in [0.1, 0.15) is 5.60 Å². The van der Waals surface area contributed by atoms with Crippen LogP contribution in [0.15, 0.2) is 36.5 Å². The van der Waals surface area contributed by atoms with Crippen LogP contribution >= 0.6 is 0 Å². The molecular weight excluding hydrogens is 398 g/mol. The molecule has 3 aliphatic rings. The Labute approximate surface area is 187 Å². The topological polar surface area (TPSA) is 78.0 Å². The lowest BCUT2D eigenvalue weighted by molar-refractivity contribution is 0.0917. The van der Waals surface area contributed by atoms with Gasteiger partial charge in [0, 0.05) is 40.5 Å². The summed E-state index contributed by atoms with van der Waals surface area (Å²) in [4.78, 5) is 21.2. The van der Waals surface area contributed by atoms with Gasteiger partial charge in [-0.25, -0.2) is 0 Å². The highest BCUT2D eigenvalue weighted by Crippen LogP contribution is 2.45. The van der Waals surface area contributed by atoms with Gasteiger partial charge in [0.05, 0.1) is 17.0 Å². The molecule has 160 valence electrons. The van der Waals surface area contributed by atoms with E-state index in [4.69, 9.17) is 4.98 Å². The molecule has 2 aromatic heterocycles. The van der Waals surface area contributed by atoms with E-state index in [0.717, 1.165) is 77.0 Å². The molecule has 0 saturated heterocycles. The van der Waals surface area contributed by atoms with E-state index in [1.54, 1.807) is 13.8 Å². The molecule has 5 heteroatoms. The first-order valence-electron chi connectivity index (χ1n) is 11.2. The molecule has 6 rings (SSSR count). The lowest BCUT2D eigenvalue weighted by Crippen LogP contribution is -2.43. The largest absolute Gasteiger partial charge is 0.378 e. The number of nitrogens with one attached hydrogen (secondary N) is 2. The number of aliphatic hydroxyl groups is 1. The Hall–Kier alpha value is -3.36. The highest BCUT2D eigenvalue weighted by atomic mass is 16.3. The highest BCUT2D eigenvalue weighted by molar-refractivity contribution is 6.01. The second-order valence-electron chi connectivity index (χ2n) is 9.86. The summed E-state index contributed by atoms with van der Waals surface area (Å²) >= 11 is 0. The van der Waals surface area contributed by atoms with Gasteiger partial charge in [-0.1, -0.05) is 24.0 Å². The van der Waals surface area contributed by atoms with Crippen molar-refractivity contribution < 1.29 is 9.90 Å². The fourth-order valence-electron chi connectivity index (χ4n) is 4.90. The van der Waals surface area contributed by atoms with Gasteiger partial charge in [-0.15, -0.1) is 0 Å². The molecule has 1 amide bonds. The minimum atomic E-state index is -1.01. The first-order chi connectivity index (χ1) is 15.3. The van der Waals surface area contributed by atoms with Crippen LogP contribution in [0.25, 0.3) is 22.5 Å². The quantitative estimate of drug-likeness (QED) is 0.521. The molecule has 0 atom stereocenters. The molecule has 1 fully saturated rings. The Bertz CT molecular complexity index is 1330. The van der Waals surface area contributed by atoms with Crippen molar-refractivity contribution in [2.24, 2.45) is 0 Å². The Morgan fingerprint density at radius 1 is 1.16 bits per heavy atom. The normalized spacial score (nSPS) is 17.5. The molecule has 32 heavy (non-hydrogen) atoms. The van der Waals surface area contributed by atoms with E-state index < -0.39 is 5.60 Å². The number of H-pyrrole nitrogens is 1. The summed E-state index contributed by atoms with van der Waals surface area (Å²) in [6.07, 6.45) is 6.78. The average Bonchev–Trinajstić information content (AvgIpc) is 3.38. The van der Waals surface area contributed by atoms with E-state index in [2.05, 4.69) is 28.2 Å². The average molecular weight is 424 g/mol. The first-order valence-corrected chi connectivity index (χ1v) is 11.2. The summed E-state index contributed by atoms with van der Waals surface area (Å²) in [6, 6.07) is 10.1. The summed E-state index contributed by atoms with van der Waals surface area (Å²) < 4.78 is 0. The SMILES string of the molecule is CC(C)(O)C#Cc1ccc(-c2cc3c(cn2)CCc2c-3[nH]c3c2C(=O)NC2(CC2)C3)cc1. The Kier molecular flexibility index (Phi) is 3.97. The van der Waals surface area contributed by atoms with E-state index in [1.807, 2.05) is 30.5 Å². The maximum atomic E-state index is 12.9. The van der Waals surface area contributed by atoms with Crippen LogP contribution in [0.2, 0.25) is 0 Å². The molecule has 0 bridgehead atoms. The Balaban J connectivity index is 1.37. The van der Waals surface area contributed by atoms with Gasteiger partial charge in [-0.2, -0.15) is 0 Å². The summed E-state index contributed by atoms with van der Waals surface area (Å²) in [5.41, 5.74) is 8.32.